The van der Waals surface area contributed by atoms with Gasteiger partial charge >= 0.3 is 0 Å². The molecule has 1 aliphatic carbocycles. The van der Waals surface area contributed by atoms with Crippen LogP contribution in [0.25, 0.3) is 0 Å². The molecule has 0 spiro atoms. The van der Waals surface area contributed by atoms with Gasteiger partial charge < -0.3 is 10.1 Å². The molecular formula is C16H23Cl2NO. The van der Waals surface area contributed by atoms with Gasteiger partial charge in [0.15, 0.2) is 0 Å². The number of halogens is 2. The highest BCUT2D eigenvalue weighted by Crippen LogP contribution is 2.39. The second-order valence-electron chi connectivity index (χ2n) is 5.60. The highest BCUT2D eigenvalue weighted by molar-refractivity contribution is 6.36. The minimum Gasteiger partial charge on any atom is -0.378 e. The first-order valence-corrected chi connectivity index (χ1v) is 8.07. The van der Waals surface area contributed by atoms with Gasteiger partial charge in [-0.15, -0.1) is 0 Å². The first-order chi connectivity index (χ1) is 9.60. The summed E-state index contributed by atoms with van der Waals surface area (Å²) in [5, 5.41) is 5.05. The third kappa shape index (κ3) is 3.67. The number of rotatable bonds is 7. The monoisotopic (exact) mass is 315 g/mol. The first-order valence-electron chi connectivity index (χ1n) is 7.31. The standard InChI is InChI=1S/C16H23Cl2NO/c1-3-19-12(11-16(20-2)8-5-9-16)10-13-14(17)6-4-7-15(13)18/h4,6-7,12,19H,3,5,8-11H2,1-2H3. The largest absolute Gasteiger partial charge is 0.378 e. The highest BCUT2D eigenvalue weighted by Gasteiger charge is 2.39. The summed E-state index contributed by atoms with van der Waals surface area (Å²) in [6.07, 6.45) is 5.43. The lowest BCUT2D eigenvalue weighted by atomic mass is 9.75. The maximum Gasteiger partial charge on any atom is 0.0693 e. The van der Waals surface area contributed by atoms with E-state index in [1.54, 1.807) is 0 Å². The molecule has 1 fully saturated rings. The van der Waals surface area contributed by atoms with Crippen LogP contribution in [0.5, 0.6) is 0 Å². The molecule has 1 aromatic rings. The summed E-state index contributed by atoms with van der Waals surface area (Å²) < 4.78 is 5.74. The van der Waals surface area contributed by atoms with Crippen molar-refractivity contribution in [3.05, 3.63) is 33.8 Å². The van der Waals surface area contributed by atoms with E-state index in [0.29, 0.717) is 6.04 Å². The van der Waals surface area contributed by atoms with E-state index in [-0.39, 0.29) is 5.60 Å². The van der Waals surface area contributed by atoms with Crippen LogP contribution in [0.4, 0.5) is 0 Å². The molecule has 20 heavy (non-hydrogen) atoms. The van der Waals surface area contributed by atoms with Crippen LogP contribution in [0, 0.1) is 0 Å². The molecule has 1 saturated carbocycles. The second kappa shape index (κ2) is 7.13. The molecule has 1 aliphatic rings. The van der Waals surface area contributed by atoms with Crippen molar-refractivity contribution in [2.75, 3.05) is 13.7 Å². The van der Waals surface area contributed by atoms with Gasteiger partial charge in [-0.25, -0.2) is 0 Å². The average molecular weight is 316 g/mol. The summed E-state index contributed by atoms with van der Waals surface area (Å²) in [4.78, 5) is 0. The summed E-state index contributed by atoms with van der Waals surface area (Å²) in [6, 6.07) is 6.04. The Balaban J connectivity index is 2.09. The van der Waals surface area contributed by atoms with Crippen molar-refractivity contribution in [2.24, 2.45) is 0 Å². The zero-order valence-corrected chi connectivity index (χ0v) is 13.7. The Hall–Kier alpha value is -0.280. The number of ether oxygens (including phenoxy) is 1. The van der Waals surface area contributed by atoms with Gasteiger partial charge in [0.25, 0.3) is 0 Å². The quantitative estimate of drug-likeness (QED) is 0.801. The highest BCUT2D eigenvalue weighted by atomic mass is 35.5. The Morgan fingerprint density at radius 3 is 2.40 bits per heavy atom. The molecule has 0 bridgehead atoms. The predicted octanol–water partition coefficient (Wildman–Crippen LogP) is 4.47. The number of hydrogen-bond donors (Lipinski definition) is 1. The van der Waals surface area contributed by atoms with E-state index in [9.17, 15) is 0 Å². The fraction of sp³-hybridized carbons (Fsp3) is 0.625. The molecule has 0 radical (unpaired) electrons. The molecule has 0 saturated heterocycles. The van der Waals surface area contributed by atoms with Crippen molar-refractivity contribution in [1.29, 1.82) is 0 Å². The molecule has 0 amide bonds. The SMILES string of the molecule is CCNC(Cc1c(Cl)cccc1Cl)CC1(OC)CCC1. The Labute approximate surface area is 131 Å². The Kier molecular flexibility index (Phi) is 5.74. The fourth-order valence-electron chi connectivity index (χ4n) is 2.99. The smallest absolute Gasteiger partial charge is 0.0693 e. The average Bonchev–Trinajstić information content (AvgIpc) is 2.38. The zero-order chi connectivity index (χ0) is 14.6. The Morgan fingerprint density at radius 1 is 1.30 bits per heavy atom. The van der Waals surface area contributed by atoms with Crippen LogP contribution in [-0.2, 0) is 11.2 Å². The lowest BCUT2D eigenvalue weighted by Gasteiger charge is -2.43. The summed E-state index contributed by atoms with van der Waals surface area (Å²) in [7, 11) is 1.82. The van der Waals surface area contributed by atoms with E-state index in [4.69, 9.17) is 27.9 Å². The summed E-state index contributed by atoms with van der Waals surface area (Å²) in [6.45, 7) is 3.06. The number of benzene rings is 1. The van der Waals surface area contributed by atoms with Gasteiger partial charge in [0.1, 0.15) is 0 Å². The van der Waals surface area contributed by atoms with Gasteiger partial charge in [-0.2, -0.15) is 0 Å². The molecule has 0 aromatic heterocycles. The topological polar surface area (TPSA) is 21.3 Å². The van der Waals surface area contributed by atoms with Crippen LogP contribution in [0.3, 0.4) is 0 Å². The van der Waals surface area contributed by atoms with Crippen molar-refractivity contribution < 1.29 is 4.74 Å². The van der Waals surface area contributed by atoms with Crippen LogP contribution in [0.15, 0.2) is 18.2 Å². The predicted molar refractivity (Wildman–Crippen MR) is 85.8 cm³/mol. The molecule has 0 aliphatic heterocycles. The maximum atomic E-state index is 6.28. The molecule has 0 heterocycles. The molecule has 4 heteroatoms. The van der Waals surface area contributed by atoms with Gasteiger partial charge in [0.2, 0.25) is 0 Å². The van der Waals surface area contributed by atoms with E-state index >= 15 is 0 Å². The van der Waals surface area contributed by atoms with Crippen LogP contribution < -0.4 is 5.32 Å². The molecule has 1 unspecified atom stereocenters. The van der Waals surface area contributed by atoms with Gasteiger partial charge in [-0.1, -0.05) is 36.2 Å². The number of methoxy groups -OCH3 is 1. The lowest BCUT2D eigenvalue weighted by molar-refractivity contribution is -0.0833. The van der Waals surface area contributed by atoms with Crippen LogP contribution in [0.1, 0.15) is 38.2 Å². The Morgan fingerprint density at radius 2 is 1.95 bits per heavy atom. The molecule has 2 rings (SSSR count). The number of hydrogen-bond acceptors (Lipinski definition) is 2. The van der Waals surface area contributed by atoms with Gasteiger partial charge in [-0.3, -0.25) is 0 Å². The Bertz CT molecular complexity index is 420. The number of nitrogens with one attached hydrogen (secondary N) is 1. The van der Waals surface area contributed by atoms with E-state index in [1.165, 1.54) is 6.42 Å². The molecular weight excluding hydrogens is 293 g/mol. The summed E-state index contributed by atoms with van der Waals surface area (Å²) >= 11 is 12.6. The molecule has 112 valence electrons. The maximum absolute atomic E-state index is 6.28. The first kappa shape index (κ1) is 16.1. The van der Waals surface area contributed by atoms with Crippen LogP contribution in [-0.4, -0.2) is 25.3 Å². The normalized spacial score (nSPS) is 18.6. The van der Waals surface area contributed by atoms with E-state index < -0.39 is 0 Å². The lowest BCUT2D eigenvalue weighted by Crippen LogP contribution is -2.46. The van der Waals surface area contributed by atoms with Crippen molar-refractivity contribution in [3.8, 4) is 0 Å². The zero-order valence-electron chi connectivity index (χ0n) is 12.2. The second-order valence-corrected chi connectivity index (χ2v) is 6.42. The molecule has 1 aromatic carbocycles. The van der Waals surface area contributed by atoms with E-state index in [2.05, 4.69) is 12.2 Å². The van der Waals surface area contributed by atoms with Crippen molar-refractivity contribution >= 4 is 23.2 Å². The van der Waals surface area contributed by atoms with Gasteiger partial charge in [-0.05, 0) is 56.3 Å². The van der Waals surface area contributed by atoms with E-state index in [0.717, 1.165) is 47.8 Å². The molecule has 2 nitrogen and oxygen atoms in total. The van der Waals surface area contributed by atoms with Crippen LogP contribution in [0.2, 0.25) is 10.0 Å². The minimum absolute atomic E-state index is 0.0561. The van der Waals surface area contributed by atoms with Gasteiger partial charge in [0, 0.05) is 23.2 Å². The number of likely N-dealkylation sites (N-methyl/N-ethyl adjacent to an activating group) is 1. The van der Waals surface area contributed by atoms with Crippen molar-refractivity contribution in [3.63, 3.8) is 0 Å². The van der Waals surface area contributed by atoms with Crippen molar-refractivity contribution in [1.82, 2.24) is 5.32 Å². The third-order valence-corrected chi connectivity index (χ3v) is 5.03. The third-order valence-electron chi connectivity index (χ3n) is 4.32. The molecule has 1 N–H and O–H groups in total. The van der Waals surface area contributed by atoms with E-state index in [1.807, 2.05) is 25.3 Å². The summed E-state index contributed by atoms with van der Waals surface area (Å²) in [5.74, 6) is 0. The van der Waals surface area contributed by atoms with Crippen molar-refractivity contribution in [2.45, 2.75) is 50.7 Å². The fourth-order valence-corrected chi connectivity index (χ4v) is 3.54. The van der Waals surface area contributed by atoms with Gasteiger partial charge in [0.05, 0.1) is 5.60 Å². The van der Waals surface area contributed by atoms with Crippen LogP contribution >= 0.6 is 23.2 Å². The summed E-state index contributed by atoms with van der Waals surface area (Å²) in [5.41, 5.74) is 1.09. The molecule has 1 atom stereocenters. The minimum atomic E-state index is 0.0561.